The van der Waals surface area contributed by atoms with Gasteiger partial charge >= 0.3 is 0 Å². The smallest absolute Gasteiger partial charge is 0.254 e. The van der Waals surface area contributed by atoms with Crippen LogP contribution in [0.1, 0.15) is 44.0 Å². The number of carbonyl (C=O) groups is 1. The second-order valence-corrected chi connectivity index (χ2v) is 4.19. The van der Waals surface area contributed by atoms with Crippen LogP contribution in [0.3, 0.4) is 0 Å². The van der Waals surface area contributed by atoms with Crippen LogP contribution in [-0.2, 0) is 0 Å². The summed E-state index contributed by atoms with van der Waals surface area (Å²) in [4.78, 5) is 18.2. The summed E-state index contributed by atoms with van der Waals surface area (Å²) in [5, 5.41) is 3.23. The van der Waals surface area contributed by atoms with E-state index in [4.69, 9.17) is 0 Å². The monoisotopic (exact) mass is 249 g/mol. The van der Waals surface area contributed by atoms with E-state index in [0.717, 1.165) is 38.3 Å². The minimum Gasteiger partial charge on any atom is -0.370 e. The number of hydrogen-bond acceptors (Lipinski definition) is 3. The number of nitrogens with one attached hydrogen (secondary N) is 1. The molecule has 0 radical (unpaired) electrons. The quantitative estimate of drug-likeness (QED) is 0.756. The molecule has 0 aromatic carbocycles. The number of hydrogen-bond donors (Lipinski definition) is 1. The van der Waals surface area contributed by atoms with Gasteiger partial charge in [-0.1, -0.05) is 13.3 Å². The molecule has 0 fully saturated rings. The van der Waals surface area contributed by atoms with Crippen molar-refractivity contribution in [1.82, 2.24) is 9.88 Å². The molecule has 1 aromatic rings. The van der Waals surface area contributed by atoms with Gasteiger partial charge in [-0.05, 0) is 32.4 Å². The van der Waals surface area contributed by atoms with Crippen LogP contribution in [0.15, 0.2) is 18.3 Å². The molecule has 0 saturated carbocycles. The number of nitrogens with zero attached hydrogens (tertiary/aromatic N) is 2. The summed E-state index contributed by atoms with van der Waals surface area (Å²) in [5.74, 6) is 0.849. The van der Waals surface area contributed by atoms with Crippen LogP contribution < -0.4 is 5.32 Å². The van der Waals surface area contributed by atoms with Crippen LogP contribution in [0.25, 0.3) is 0 Å². The van der Waals surface area contributed by atoms with Gasteiger partial charge in [-0.3, -0.25) is 4.79 Å². The summed E-state index contributed by atoms with van der Waals surface area (Å²) in [6, 6.07) is 3.60. The topological polar surface area (TPSA) is 45.2 Å². The molecule has 0 saturated heterocycles. The predicted molar refractivity (Wildman–Crippen MR) is 74.9 cm³/mol. The van der Waals surface area contributed by atoms with Gasteiger partial charge in [0.25, 0.3) is 5.91 Å². The zero-order valence-corrected chi connectivity index (χ0v) is 11.6. The Balaban J connectivity index is 2.71. The van der Waals surface area contributed by atoms with E-state index >= 15 is 0 Å². The van der Waals surface area contributed by atoms with E-state index in [1.165, 1.54) is 0 Å². The number of aromatic nitrogens is 1. The summed E-state index contributed by atoms with van der Waals surface area (Å²) in [6.07, 6.45) is 3.94. The predicted octanol–water partition coefficient (Wildman–Crippen LogP) is 2.78. The largest absolute Gasteiger partial charge is 0.370 e. The summed E-state index contributed by atoms with van der Waals surface area (Å²) >= 11 is 0. The number of pyridine rings is 1. The minimum atomic E-state index is 0.0703. The van der Waals surface area contributed by atoms with Gasteiger partial charge in [-0.25, -0.2) is 4.98 Å². The van der Waals surface area contributed by atoms with Crippen molar-refractivity contribution in [1.29, 1.82) is 0 Å². The first-order chi connectivity index (χ1) is 8.72. The lowest BCUT2D eigenvalue weighted by atomic mass is 10.2. The van der Waals surface area contributed by atoms with Crippen molar-refractivity contribution < 1.29 is 4.79 Å². The van der Waals surface area contributed by atoms with Gasteiger partial charge in [-0.2, -0.15) is 0 Å². The summed E-state index contributed by atoms with van der Waals surface area (Å²) in [6.45, 7) is 8.49. The standard InChI is InChI=1S/C14H23N3O/c1-4-7-9-15-13-11-12(8-10-16-13)14(18)17(5-2)6-3/h8,10-11H,4-7,9H2,1-3H3,(H,15,16). The van der Waals surface area contributed by atoms with Crippen molar-refractivity contribution in [2.24, 2.45) is 0 Å². The fourth-order valence-corrected chi connectivity index (χ4v) is 1.75. The highest BCUT2D eigenvalue weighted by atomic mass is 16.2. The maximum absolute atomic E-state index is 12.2. The summed E-state index contributed by atoms with van der Waals surface area (Å²) in [7, 11) is 0. The second kappa shape index (κ2) is 7.69. The lowest BCUT2D eigenvalue weighted by Crippen LogP contribution is -2.30. The third kappa shape index (κ3) is 4.02. The molecule has 0 spiro atoms. The third-order valence-electron chi connectivity index (χ3n) is 2.89. The highest BCUT2D eigenvalue weighted by molar-refractivity contribution is 5.94. The van der Waals surface area contributed by atoms with E-state index in [-0.39, 0.29) is 5.91 Å². The summed E-state index contributed by atoms with van der Waals surface area (Å²) < 4.78 is 0. The van der Waals surface area contributed by atoms with Gasteiger partial charge in [-0.15, -0.1) is 0 Å². The molecule has 0 bridgehead atoms. The highest BCUT2D eigenvalue weighted by Gasteiger charge is 2.12. The number of amides is 1. The van der Waals surface area contributed by atoms with Crippen molar-refractivity contribution in [2.45, 2.75) is 33.6 Å². The Morgan fingerprint density at radius 2 is 2.06 bits per heavy atom. The van der Waals surface area contributed by atoms with Crippen LogP contribution in [-0.4, -0.2) is 35.4 Å². The number of carbonyl (C=O) groups excluding carboxylic acids is 1. The van der Waals surface area contributed by atoms with Gasteiger partial charge in [0.05, 0.1) is 0 Å². The van der Waals surface area contributed by atoms with E-state index in [0.29, 0.717) is 5.56 Å². The highest BCUT2D eigenvalue weighted by Crippen LogP contribution is 2.10. The van der Waals surface area contributed by atoms with Crippen molar-refractivity contribution in [2.75, 3.05) is 25.0 Å². The molecule has 0 unspecified atom stereocenters. The van der Waals surface area contributed by atoms with Crippen LogP contribution in [0.5, 0.6) is 0 Å². The molecule has 0 aliphatic rings. The first kappa shape index (κ1) is 14.5. The number of rotatable bonds is 7. The van der Waals surface area contributed by atoms with Crippen LogP contribution in [0.2, 0.25) is 0 Å². The van der Waals surface area contributed by atoms with Crippen LogP contribution in [0.4, 0.5) is 5.82 Å². The Labute approximate surface area is 109 Å². The summed E-state index contributed by atoms with van der Waals surface area (Å²) in [5.41, 5.74) is 0.702. The maximum Gasteiger partial charge on any atom is 0.254 e. The molecular weight excluding hydrogens is 226 g/mol. The molecular formula is C14H23N3O. The van der Waals surface area contributed by atoms with Crippen LogP contribution >= 0.6 is 0 Å². The van der Waals surface area contributed by atoms with Gasteiger partial charge in [0, 0.05) is 31.4 Å². The molecule has 1 aromatic heterocycles. The molecule has 100 valence electrons. The molecule has 18 heavy (non-hydrogen) atoms. The molecule has 0 aliphatic heterocycles. The average Bonchev–Trinajstić information content (AvgIpc) is 2.41. The lowest BCUT2D eigenvalue weighted by Gasteiger charge is -2.18. The first-order valence-electron chi connectivity index (χ1n) is 6.72. The third-order valence-corrected chi connectivity index (χ3v) is 2.89. The maximum atomic E-state index is 12.2. The van der Waals surface area contributed by atoms with E-state index in [1.54, 1.807) is 12.3 Å². The lowest BCUT2D eigenvalue weighted by molar-refractivity contribution is 0.0773. The normalized spacial score (nSPS) is 10.2. The zero-order valence-electron chi connectivity index (χ0n) is 11.6. The fraction of sp³-hybridized carbons (Fsp3) is 0.571. The minimum absolute atomic E-state index is 0.0703. The van der Waals surface area contributed by atoms with Crippen molar-refractivity contribution in [3.63, 3.8) is 0 Å². The Hall–Kier alpha value is -1.58. The number of anilines is 1. The Bertz CT molecular complexity index is 375. The van der Waals surface area contributed by atoms with Gasteiger partial charge in [0.2, 0.25) is 0 Å². The molecule has 1 heterocycles. The molecule has 1 N–H and O–H groups in total. The molecule has 0 atom stereocenters. The van der Waals surface area contributed by atoms with Crippen molar-refractivity contribution in [3.8, 4) is 0 Å². The molecule has 4 nitrogen and oxygen atoms in total. The van der Waals surface area contributed by atoms with E-state index in [1.807, 2.05) is 24.8 Å². The Kier molecular flexibility index (Phi) is 6.19. The van der Waals surface area contributed by atoms with E-state index in [9.17, 15) is 4.79 Å². The Morgan fingerprint density at radius 3 is 2.67 bits per heavy atom. The second-order valence-electron chi connectivity index (χ2n) is 4.19. The van der Waals surface area contributed by atoms with Gasteiger partial charge in [0.15, 0.2) is 0 Å². The fourth-order valence-electron chi connectivity index (χ4n) is 1.75. The van der Waals surface area contributed by atoms with Crippen molar-refractivity contribution in [3.05, 3.63) is 23.9 Å². The molecule has 0 aliphatic carbocycles. The van der Waals surface area contributed by atoms with Gasteiger partial charge < -0.3 is 10.2 Å². The number of unbranched alkanes of at least 4 members (excludes halogenated alkanes) is 1. The van der Waals surface area contributed by atoms with E-state index in [2.05, 4.69) is 17.2 Å². The SMILES string of the molecule is CCCCNc1cc(C(=O)N(CC)CC)ccn1. The van der Waals surface area contributed by atoms with Crippen LogP contribution in [0, 0.1) is 0 Å². The average molecular weight is 249 g/mol. The molecule has 4 heteroatoms. The molecule has 1 rings (SSSR count). The zero-order chi connectivity index (χ0) is 13.4. The van der Waals surface area contributed by atoms with E-state index < -0.39 is 0 Å². The molecule has 1 amide bonds. The van der Waals surface area contributed by atoms with Gasteiger partial charge in [0.1, 0.15) is 5.82 Å². The van der Waals surface area contributed by atoms with Crippen molar-refractivity contribution >= 4 is 11.7 Å². The Morgan fingerprint density at radius 1 is 1.33 bits per heavy atom. The first-order valence-corrected chi connectivity index (χ1v) is 6.72.